The maximum absolute atomic E-state index is 13.3. The lowest BCUT2D eigenvalue weighted by Crippen LogP contribution is -2.22. The fraction of sp³-hybridized carbons (Fsp3) is 0.500. The van der Waals surface area contributed by atoms with E-state index in [1.165, 1.54) is 6.07 Å². The van der Waals surface area contributed by atoms with Gasteiger partial charge in [0, 0.05) is 12.6 Å². The number of fused-ring (bicyclic) bond motifs is 1. The summed E-state index contributed by atoms with van der Waals surface area (Å²) in [6.45, 7) is 1.12. The van der Waals surface area contributed by atoms with Crippen molar-refractivity contribution in [2.45, 2.75) is 6.04 Å². The molecule has 1 heterocycles. The highest BCUT2D eigenvalue weighted by Gasteiger charge is 2.58. The Hall–Kier alpha value is -0.640. The third kappa shape index (κ3) is 1.39. The zero-order chi connectivity index (χ0) is 11.3. The molecule has 0 radical (unpaired) electrons. The molecule has 1 aromatic carbocycles. The van der Waals surface area contributed by atoms with Crippen LogP contribution in [-0.4, -0.2) is 18.3 Å². The molecule has 2 N–H and O–H groups in total. The summed E-state index contributed by atoms with van der Waals surface area (Å²) in [4.78, 5) is 0. The predicted octanol–water partition coefficient (Wildman–Crippen LogP) is 1.98. The molecule has 16 heavy (non-hydrogen) atoms. The van der Waals surface area contributed by atoms with Crippen LogP contribution in [0.4, 0.5) is 4.39 Å². The minimum absolute atomic E-state index is 0.102. The number of aliphatic hydroxyl groups excluding tert-OH is 1. The second-order valence-corrected chi connectivity index (χ2v) is 4.99. The smallest absolute Gasteiger partial charge is 0.142 e. The Morgan fingerprint density at radius 1 is 1.50 bits per heavy atom. The van der Waals surface area contributed by atoms with E-state index in [0.717, 1.165) is 12.1 Å². The summed E-state index contributed by atoms with van der Waals surface area (Å²) in [5.41, 5.74) is 0.824. The van der Waals surface area contributed by atoms with Crippen molar-refractivity contribution in [3.8, 4) is 0 Å². The summed E-state index contributed by atoms with van der Waals surface area (Å²) >= 11 is 5.97. The van der Waals surface area contributed by atoms with E-state index in [2.05, 4.69) is 5.32 Å². The Bertz CT molecular complexity index is 421. The Morgan fingerprint density at radius 3 is 3.00 bits per heavy atom. The molecule has 2 nitrogen and oxygen atoms in total. The lowest BCUT2D eigenvalue weighted by molar-refractivity contribution is 0.251. The molecule has 86 valence electrons. The molecular formula is C12H13ClFNO. The second kappa shape index (κ2) is 3.69. The van der Waals surface area contributed by atoms with Crippen molar-refractivity contribution in [2.24, 2.45) is 17.8 Å². The largest absolute Gasteiger partial charge is 0.396 e. The molecule has 1 saturated heterocycles. The van der Waals surface area contributed by atoms with Gasteiger partial charge >= 0.3 is 0 Å². The lowest BCUT2D eigenvalue weighted by atomic mass is 10.0. The predicted molar refractivity (Wildman–Crippen MR) is 59.7 cm³/mol. The molecule has 0 bridgehead atoms. The fourth-order valence-corrected chi connectivity index (χ4v) is 3.23. The summed E-state index contributed by atoms with van der Waals surface area (Å²) in [5, 5.41) is 12.7. The molecule has 0 amide bonds. The van der Waals surface area contributed by atoms with Gasteiger partial charge < -0.3 is 10.4 Å². The first kappa shape index (κ1) is 10.5. The minimum Gasteiger partial charge on any atom is -0.396 e. The Morgan fingerprint density at radius 2 is 2.31 bits per heavy atom. The highest BCUT2D eigenvalue weighted by atomic mass is 35.5. The molecule has 2 fully saturated rings. The van der Waals surface area contributed by atoms with Crippen molar-refractivity contribution < 1.29 is 9.50 Å². The average Bonchev–Trinajstić information content (AvgIpc) is 2.83. The normalized spacial score (nSPS) is 36.2. The number of nitrogens with one attached hydrogen (secondary N) is 1. The first-order chi connectivity index (χ1) is 7.74. The summed E-state index contributed by atoms with van der Waals surface area (Å²) in [5.74, 6) is 0.954. The van der Waals surface area contributed by atoms with Gasteiger partial charge in [-0.05, 0) is 35.9 Å². The number of hydrogen-bond donors (Lipinski definition) is 2. The van der Waals surface area contributed by atoms with Crippen LogP contribution < -0.4 is 5.32 Å². The van der Waals surface area contributed by atoms with Gasteiger partial charge in [-0.2, -0.15) is 0 Å². The summed E-state index contributed by atoms with van der Waals surface area (Å²) < 4.78 is 13.3. The molecule has 4 heteroatoms. The Labute approximate surface area is 98.4 Å². The quantitative estimate of drug-likeness (QED) is 0.830. The second-order valence-electron chi connectivity index (χ2n) is 4.62. The monoisotopic (exact) mass is 241 g/mol. The summed E-state index contributed by atoms with van der Waals surface area (Å²) in [7, 11) is 0. The number of halogens is 2. The van der Waals surface area contributed by atoms with E-state index in [0.29, 0.717) is 17.8 Å². The molecule has 4 atom stereocenters. The molecular weight excluding hydrogens is 229 g/mol. The minimum atomic E-state index is -0.370. The summed E-state index contributed by atoms with van der Waals surface area (Å²) in [6, 6.07) is 5.01. The van der Waals surface area contributed by atoms with Gasteiger partial charge in [0.25, 0.3) is 0 Å². The van der Waals surface area contributed by atoms with Gasteiger partial charge in [0.1, 0.15) is 5.82 Å². The van der Waals surface area contributed by atoms with Crippen molar-refractivity contribution in [3.05, 3.63) is 34.6 Å². The maximum atomic E-state index is 13.3. The topological polar surface area (TPSA) is 32.3 Å². The van der Waals surface area contributed by atoms with Crippen LogP contribution in [0.25, 0.3) is 0 Å². The third-order valence-electron chi connectivity index (χ3n) is 3.88. The van der Waals surface area contributed by atoms with Gasteiger partial charge in [-0.1, -0.05) is 23.7 Å². The Kier molecular flexibility index (Phi) is 2.42. The van der Waals surface area contributed by atoms with Crippen LogP contribution in [0, 0.1) is 23.6 Å². The highest BCUT2D eigenvalue weighted by Crippen LogP contribution is 2.57. The molecule has 1 aliphatic heterocycles. The molecule has 1 saturated carbocycles. The first-order valence-electron chi connectivity index (χ1n) is 5.52. The van der Waals surface area contributed by atoms with Gasteiger partial charge in [0.15, 0.2) is 0 Å². The molecule has 3 rings (SSSR count). The number of piperidine rings is 1. The van der Waals surface area contributed by atoms with E-state index < -0.39 is 0 Å². The number of hydrogen-bond acceptors (Lipinski definition) is 2. The van der Waals surface area contributed by atoms with E-state index in [-0.39, 0.29) is 23.5 Å². The Balaban J connectivity index is 1.91. The van der Waals surface area contributed by atoms with Crippen LogP contribution in [0.3, 0.4) is 0 Å². The molecule has 0 spiro atoms. The zero-order valence-corrected chi connectivity index (χ0v) is 9.41. The molecule has 1 aliphatic carbocycles. The average molecular weight is 242 g/mol. The van der Waals surface area contributed by atoms with E-state index in [4.69, 9.17) is 16.7 Å². The molecule has 1 aromatic rings. The number of rotatable bonds is 2. The number of benzene rings is 1. The molecule has 0 aromatic heterocycles. The first-order valence-corrected chi connectivity index (χ1v) is 5.90. The SMILES string of the molecule is OCC1C2CNC(c3cccc(F)c3Cl)C12. The van der Waals surface area contributed by atoms with Crippen LogP contribution in [0.2, 0.25) is 5.02 Å². The molecule has 2 aliphatic rings. The van der Waals surface area contributed by atoms with Crippen LogP contribution in [0.5, 0.6) is 0 Å². The third-order valence-corrected chi connectivity index (χ3v) is 4.28. The standard InChI is InChI=1S/C12H13ClFNO/c13-11-6(2-1-3-9(11)14)12-10-7(4-15-12)8(10)5-16/h1-3,7-8,10,12,15-16H,4-5H2. The van der Waals surface area contributed by atoms with Gasteiger partial charge in [-0.25, -0.2) is 4.39 Å². The lowest BCUT2D eigenvalue weighted by Gasteiger charge is -2.17. The van der Waals surface area contributed by atoms with E-state index in [9.17, 15) is 4.39 Å². The molecule has 4 unspecified atom stereocenters. The van der Waals surface area contributed by atoms with Gasteiger partial charge in [-0.3, -0.25) is 0 Å². The van der Waals surface area contributed by atoms with Crippen LogP contribution in [-0.2, 0) is 0 Å². The van der Waals surface area contributed by atoms with Crippen molar-refractivity contribution in [1.82, 2.24) is 5.32 Å². The van der Waals surface area contributed by atoms with Gasteiger partial charge in [0.05, 0.1) is 5.02 Å². The van der Waals surface area contributed by atoms with Crippen LogP contribution in [0.1, 0.15) is 11.6 Å². The fourth-order valence-electron chi connectivity index (χ4n) is 2.99. The van der Waals surface area contributed by atoms with Crippen LogP contribution >= 0.6 is 11.6 Å². The van der Waals surface area contributed by atoms with E-state index >= 15 is 0 Å². The number of aliphatic hydroxyl groups is 1. The summed E-state index contributed by atoms with van der Waals surface area (Å²) in [6.07, 6.45) is 0. The van der Waals surface area contributed by atoms with Gasteiger partial charge in [-0.15, -0.1) is 0 Å². The van der Waals surface area contributed by atoms with Gasteiger partial charge in [0.2, 0.25) is 0 Å². The van der Waals surface area contributed by atoms with Crippen molar-refractivity contribution in [3.63, 3.8) is 0 Å². The highest BCUT2D eigenvalue weighted by molar-refractivity contribution is 6.31. The van der Waals surface area contributed by atoms with E-state index in [1.807, 2.05) is 6.07 Å². The van der Waals surface area contributed by atoms with E-state index in [1.54, 1.807) is 6.07 Å². The van der Waals surface area contributed by atoms with Crippen molar-refractivity contribution in [1.29, 1.82) is 0 Å². The zero-order valence-electron chi connectivity index (χ0n) is 8.66. The van der Waals surface area contributed by atoms with Crippen molar-refractivity contribution in [2.75, 3.05) is 13.2 Å². The van der Waals surface area contributed by atoms with Crippen molar-refractivity contribution >= 4 is 11.6 Å². The van der Waals surface area contributed by atoms with Crippen LogP contribution in [0.15, 0.2) is 18.2 Å². The maximum Gasteiger partial charge on any atom is 0.142 e.